The molecule has 0 atom stereocenters. The quantitative estimate of drug-likeness (QED) is 0.302. The molecule has 0 amide bonds. The van der Waals surface area contributed by atoms with Crippen LogP contribution in [0.1, 0.15) is 36.4 Å². The Morgan fingerprint density at radius 2 is 1.42 bits per heavy atom. The van der Waals surface area contributed by atoms with E-state index in [1.165, 1.54) is 29.5 Å². The fourth-order valence-corrected chi connectivity index (χ4v) is 5.09. The molecule has 0 saturated carbocycles. The minimum atomic E-state index is 0.342. The molecule has 0 spiro atoms. The molecule has 170 valence electrons. The van der Waals surface area contributed by atoms with E-state index in [1.54, 1.807) is 0 Å². The van der Waals surface area contributed by atoms with Crippen LogP contribution in [0.15, 0.2) is 91.3 Å². The van der Waals surface area contributed by atoms with Crippen LogP contribution in [0.5, 0.6) is 0 Å². The summed E-state index contributed by atoms with van der Waals surface area (Å²) in [5.41, 5.74) is 5.00. The first-order valence-corrected chi connectivity index (χ1v) is 12.2. The lowest BCUT2D eigenvalue weighted by Crippen LogP contribution is -2.37. The Hall–Kier alpha value is -2.95. The molecule has 4 nitrogen and oxygen atoms in total. The smallest absolute Gasteiger partial charge is 0.0959 e. The number of aromatic nitrogens is 2. The van der Waals surface area contributed by atoms with Crippen molar-refractivity contribution in [2.45, 2.75) is 31.8 Å². The van der Waals surface area contributed by atoms with E-state index in [2.05, 4.69) is 93.3 Å². The first-order chi connectivity index (χ1) is 16.4. The van der Waals surface area contributed by atoms with Crippen LogP contribution >= 0.6 is 0 Å². The molecular formula is C29H33N3O. The zero-order valence-corrected chi connectivity index (χ0v) is 19.2. The summed E-state index contributed by atoms with van der Waals surface area (Å²) in [6.07, 6.45) is 5.55. The van der Waals surface area contributed by atoms with Crippen LogP contribution in [0.3, 0.4) is 0 Å². The summed E-state index contributed by atoms with van der Waals surface area (Å²) in [5.74, 6) is 0.752. The lowest BCUT2D eigenvalue weighted by Gasteiger charge is -2.38. The Morgan fingerprint density at radius 3 is 2.12 bits per heavy atom. The van der Waals surface area contributed by atoms with Crippen molar-refractivity contribution in [2.24, 2.45) is 5.92 Å². The van der Waals surface area contributed by atoms with Gasteiger partial charge in [0.25, 0.3) is 0 Å². The predicted molar refractivity (Wildman–Crippen MR) is 134 cm³/mol. The van der Waals surface area contributed by atoms with E-state index < -0.39 is 0 Å². The SMILES string of the molecule is c1ccc(C(c2ccccc2)N2CCC(CCOCCn3cnc4ccccc43)CC2)cc1. The number of rotatable bonds is 9. The molecule has 1 aliphatic rings. The van der Waals surface area contributed by atoms with Gasteiger partial charge in [0.05, 0.1) is 30.0 Å². The van der Waals surface area contributed by atoms with Crippen LogP contribution in [0, 0.1) is 5.92 Å². The van der Waals surface area contributed by atoms with E-state index >= 15 is 0 Å². The molecule has 5 rings (SSSR count). The number of benzene rings is 3. The van der Waals surface area contributed by atoms with Crippen molar-refractivity contribution in [2.75, 3.05) is 26.3 Å². The number of ether oxygens (including phenoxy) is 1. The van der Waals surface area contributed by atoms with Crippen molar-refractivity contribution in [3.8, 4) is 0 Å². The molecule has 0 radical (unpaired) electrons. The monoisotopic (exact) mass is 439 g/mol. The Balaban J connectivity index is 1.09. The third kappa shape index (κ3) is 5.35. The second-order valence-corrected chi connectivity index (χ2v) is 9.03. The Bertz CT molecular complexity index is 1080. The van der Waals surface area contributed by atoms with Crippen LogP contribution in [-0.4, -0.2) is 40.8 Å². The van der Waals surface area contributed by atoms with Gasteiger partial charge in [-0.2, -0.15) is 0 Å². The zero-order valence-electron chi connectivity index (χ0n) is 19.2. The van der Waals surface area contributed by atoms with E-state index in [-0.39, 0.29) is 0 Å². The van der Waals surface area contributed by atoms with Crippen LogP contribution in [0.25, 0.3) is 11.0 Å². The van der Waals surface area contributed by atoms with Crippen molar-refractivity contribution >= 4 is 11.0 Å². The fourth-order valence-electron chi connectivity index (χ4n) is 5.09. The summed E-state index contributed by atoms with van der Waals surface area (Å²) in [4.78, 5) is 7.12. The molecule has 0 bridgehead atoms. The predicted octanol–water partition coefficient (Wildman–Crippen LogP) is 5.94. The van der Waals surface area contributed by atoms with Gasteiger partial charge in [-0.1, -0.05) is 72.8 Å². The Kier molecular flexibility index (Phi) is 7.14. The van der Waals surface area contributed by atoms with Gasteiger partial charge in [-0.05, 0) is 61.5 Å². The average molecular weight is 440 g/mol. The molecule has 4 aromatic rings. The summed E-state index contributed by atoms with van der Waals surface area (Å²) in [6, 6.07) is 30.5. The maximum atomic E-state index is 6.01. The van der Waals surface area contributed by atoms with Gasteiger partial charge in [0.1, 0.15) is 0 Å². The van der Waals surface area contributed by atoms with Gasteiger partial charge in [-0.25, -0.2) is 4.98 Å². The summed E-state index contributed by atoms with van der Waals surface area (Å²) in [5, 5.41) is 0. The minimum absolute atomic E-state index is 0.342. The van der Waals surface area contributed by atoms with Crippen molar-refractivity contribution in [3.05, 3.63) is 102 Å². The topological polar surface area (TPSA) is 30.3 Å². The summed E-state index contributed by atoms with van der Waals surface area (Å²) in [6.45, 7) is 4.72. The second-order valence-electron chi connectivity index (χ2n) is 9.03. The highest BCUT2D eigenvalue weighted by Gasteiger charge is 2.27. The molecule has 1 aliphatic heterocycles. The molecule has 0 aliphatic carbocycles. The highest BCUT2D eigenvalue weighted by molar-refractivity contribution is 5.74. The number of hydrogen-bond donors (Lipinski definition) is 0. The summed E-state index contributed by atoms with van der Waals surface area (Å²) in [7, 11) is 0. The van der Waals surface area contributed by atoms with Gasteiger partial charge >= 0.3 is 0 Å². The Labute approximate surface area is 196 Å². The lowest BCUT2D eigenvalue weighted by molar-refractivity contribution is 0.0903. The van der Waals surface area contributed by atoms with Gasteiger partial charge in [-0.15, -0.1) is 0 Å². The summed E-state index contributed by atoms with van der Waals surface area (Å²) >= 11 is 0. The lowest BCUT2D eigenvalue weighted by atomic mass is 9.90. The molecule has 33 heavy (non-hydrogen) atoms. The Morgan fingerprint density at radius 1 is 0.788 bits per heavy atom. The van der Waals surface area contributed by atoms with Crippen molar-refractivity contribution in [1.82, 2.24) is 14.5 Å². The molecule has 0 unspecified atom stereocenters. The minimum Gasteiger partial charge on any atom is -0.380 e. The third-order valence-corrected chi connectivity index (χ3v) is 6.92. The van der Waals surface area contributed by atoms with Gasteiger partial charge in [0.2, 0.25) is 0 Å². The highest BCUT2D eigenvalue weighted by atomic mass is 16.5. The van der Waals surface area contributed by atoms with E-state index in [9.17, 15) is 0 Å². The van der Waals surface area contributed by atoms with Crippen molar-refractivity contribution in [1.29, 1.82) is 0 Å². The maximum Gasteiger partial charge on any atom is 0.0959 e. The molecular weight excluding hydrogens is 406 g/mol. The molecule has 2 heterocycles. The van der Waals surface area contributed by atoms with Gasteiger partial charge in [0.15, 0.2) is 0 Å². The number of likely N-dealkylation sites (tertiary alicyclic amines) is 1. The van der Waals surface area contributed by atoms with E-state index in [1.807, 2.05) is 12.4 Å². The van der Waals surface area contributed by atoms with Crippen LogP contribution in [0.2, 0.25) is 0 Å². The number of nitrogens with zero attached hydrogens (tertiary/aromatic N) is 3. The number of piperidine rings is 1. The normalized spacial score (nSPS) is 15.4. The van der Waals surface area contributed by atoms with Gasteiger partial charge < -0.3 is 9.30 Å². The maximum absolute atomic E-state index is 6.01. The largest absolute Gasteiger partial charge is 0.380 e. The number of para-hydroxylation sites is 2. The molecule has 0 N–H and O–H groups in total. The van der Waals surface area contributed by atoms with Crippen molar-refractivity contribution in [3.63, 3.8) is 0 Å². The number of imidazole rings is 1. The fraction of sp³-hybridized carbons (Fsp3) is 0.345. The average Bonchev–Trinajstić information content (AvgIpc) is 3.29. The van der Waals surface area contributed by atoms with E-state index in [0.717, 1.165) is 50.7 Å². The second kappa shape index (κ2) is 10.8. The molecule has 4 heteroatoms. The number of hydrogen-bond acceptors (Lipinski definition) is 3. The van der Waals surface area contributed by atoms with Crippen LogP contribution in [0.4, 0.5) is 0 Å². The molecule has 1 saturated heterocycles. The third-order valence-electron chi connectivity index (χ3n) is 6.92. The van der Waals surface area contributed by atoms with E-state index in [4.69, 9.17) is 4.74 Å². The van der Waals surface area contributed by atoms with Gasteiger partial charge in [-0.3, -0.25) is 4.90 Å². The number of fused-ring (bicyclic) bond motifs is 1. The molecule has 1 aromatic heterocycles. The first kappa shape index (κ1) is 21.9. The van der Waals surface area contributed by atoms with E-state index in [0.29, 0.717) is 6.04 Å². The van der Waals surface area contributed by atoms with Gasteiger partial charge in [0, 0.05) is 13.2 Å². The summed E-state index contributed by atoms with van der Waals surface area (Å²) < 4.78 is 8.19. The highest BCUT2D eigenvalue weighted by Crippen LogP contribution is 2.33. The standard InChI is InChI=1S/C29H33N3O/c1-3-9-25(10-4-1)29(26-11-5-2-6-12-26)31-18-15-24(16-19-31)17-21-33-22-20-32-23-30-27-13-7-8-14-28(27)32/h1-14,23-24,29H,15-22H2. The molecule has 1 fully saturated rings. The van der Waals surface area contributed by atoms with Crippen molar-refractivity contribution < 1.29 is 4.74 Å². The first-order valence-electron chi connectivity index (χ1n) is 12.2. The zero-order chi connectivity index (χ0) is 22.3. The molecule has 3 aromatic carbocycles. The van der Waals surface area contributed by atoms with Crippen LogP contribution < -0.4 is 0 Å². The van der Waals surface area contributed by atoms with Crippen LogP contribution in [-0.2, 0) is 11.3 Å².